The molecule has 0 saturated carbocycles. The molecule has 2 heteroatoms. The van der Waals surface area contributed by atoms with Crippen molar-refractivity contribution in [2.75, 3.05) is 6.54 Å². The SMILES string of the molecule is CCCCCCCCCC1N(CCCCC)C=CN1C(C)C. The molecular formula is C20H40N2. The number of unbranched alkanes of at least 4 members (excludes halogenated alkanes) is 8. The van der Waals surface area contributed by atoms with Crippen LogP contribution < -0.4 is 0 Å². The quantitative estimate of drug-likeness (QED) is 0.377. The van der Waals surface area contributed by atoms with Gasteiger partial charge in [0.1, 0.15) is 6.17 Å². The van der Waals surface area contributed by atoms with Crippen LogP contribution in [-0.2, 0) is 0 Å². The zero-order chi connectivity index (χ0) is 16.2. The van der Waals surface area contributed by atoms with Crippen molar-refractivity contribution in [2.45, 2.75) is 111 Å². The lowest BCUT2D eigenvalue weighted by molar-refractivity contribution is 0.114. The van der Waals surface area contributed by atoms with E-state index in [-0.39, 0.29) is 0 Å². The van der Waals surface area contributed by atoms with E-state index in [4.69, 9.17) is 0 Å². The van der Waals surface area contributed by atoms with Crippen molar-refractivity contribution in [3.05, 3.63) is 12.4 Å². The lowest BCUT2D eigenvalue weighted by Crippen LogP contribution is -2.42. The Bertz CT molecular complexity index is 285. The molecule has 1 atom stereocenters. The molecule has 2 nitrogen and oxygen atoms in total. The van der Waals surface area contributed by atoms with Gasteiger partial charge in [0.2, 0.25) is 0 Å². The molecule has 1 heterocycles. The summed E-state index contributed by atoms with van der Waals surface area (Å²) in [7, 11) is 0. The van der Waals surface area contributed by atoms with E-state index in [1.54, 1.807) is 0 Å². The molecule has 0 aromatic carbocycles. The molecule has 0 aliphatic carbocycles. The molecule has 0 saturated heterocycles. The number of rotatable bonds is 13. The van der Waals surface area contributed by atoms with Crippen LogP contribution in [0.4, 0.5) is 0 Å². The lowest BCUT2D eigenvalue weighted by atomic mass is 10.1. The highest BCUT2D eigenvalue weighted by Crippen LogP contribution is 2.24. The minimum absolute atomic E-state index is 0.613. The molecule has 130 valence electrons. The normalized spacial score (nSPS) is 18.0. The van der Waals surface area contributed by atoms with Crippen molar-refractivity contribution in [3.63, 3.8) is 0 Å². The Labute approximate surface area is 139 Å². The van der Waals surface area contributed by atoms with Crippen molar-refractivity contribution in [2.24, 2.45) is 0 Å². The third-order valence-corrected chi connectivity index (χ3v) is 4.84. The van der Waals surface area contributed by atoms with Gasteiger partial charge in [-0.25, -0.2) is 0 Å². The lowest BCUT2D eigenvalue weighted by Gasteiger charge is -2.35. The van der Waals surface area contributed by atoms with E-state index < -0.39 is 0 Å². The van der Waals surface area contributed by atoms with Crippen LogP contribution in [0.3, 0.4) is 0 Å². The highest BCUT2D eigenvalue weighted by molar-refractivity contribution is 4.98. The van der Waals surface area contributed by atoms with Gasteiger partial charge in [-0.1, -0.05) is 65.2 Å². The molecule has 0 aromatic rings. The van der Waals surface area contributed by atoms with Crippen LogP contribution in [0.5, 0.6) is 0 Å². The summed E-state index contributed by atoms with van der Waals surface area (Å²) in [5.41, 5.74) is 0. The molecule has 22 heavy (non-hydrogen) atoms. The van der Waals surface area contributed by atoms with Crippen molar-refractivity contribution < 1.29 is 0 Å². The third-order valence-electron chi connectivity index (χ3n) is 4.84. The predicted molar refractivity (Wildman–Crippen MR) is 98.7 cm³/mol. The van der Waals surface area contributed by atoms with Crippen LogP contribution in [0.25, 0.3) is 0 Å². The number of nitrogens with zero attached hydrogens (tertiary/aromatic N) is 2. The van der Waals surface area contributed by atoms with Crippen molar-refractivity contribution in [1.29, 1.82) is 0 Å². The summed E-state index contributed by atoms with van der Waals surface area (Å²) < 4.78 is 0. The second kappa shape index (κ2) is 11.8. The fourth-order valence-electron chi connectivity index (χ4n) is 3.42. The van der Waals surface area contributed by atoms with Crippen LogP contribution in [0.2, 0.25) is 0 Å². The van der Waals surface area contributed by atoms with E-state index in [1.165, 1.54) is 77.2 Å². The predicted octanol–water partition coefficient (Wildman–Crippen LogP) is 6.14. The highest BCUT2D eigenvalue weighted by Gasteiger charge is 2.26. The van der Waals surface area contributed by atoms with Gasteiger partial charge in [0.15, 0.2) is 0 Å². The summed E-state index contributed by atoms with van der Waals surface area (Å²) in [5.74, 6) is 0. The molecule has 1 rings (SSSR count). The van der Waals surface area contributed by atoms with E-state index in [0.29, 0.717) is 12.2 Å². The van der Waals surface area contributed by atoms with E-state index >= 15 is 0 Å². The maximum atomic E-state index is 2.59. The van der Waals surface area contributed by atoms with Crippen molar-refractivity contribution >= 4 is 0 Å². The van der Waals surface area contributed by atoms with Gasteiger partial charge in [0, 0.05) is 25.0 Å². The van der Waals surface area contributed by atoms with Gasteiger partial charge in [-0.3, -0.25) is 0 Å². The summed E-state index contributed by atoms with van der Waals surface area (Å²) in [6, 6.07) is 0.613. The Morgan fingerprint density at radius 2 is 1.36 bits per heavy atom. The Morgan fingerprint density at radius 1 is 0.773 bits per heavy atom. The fraction of sp³-hybridized carbons (Fsp3) is 0.900. The van der Waals surface area contributed by atoms with Crippen molar-refractivity contribution in [1.82, 2.24) is 9.80 Å². The summed E-state index contributed by atoms with van der Waals surface area (Å²) in [6.45, 7) is 10.4. The summed E-state index contributed by atoms with van der Waals surface area (Å²) in [6.07, 6.45) is 20.5. The van der Waals surface area contributed by atoms with E-state index in [2.05, 4.69) is 49.9 Å². The van der Waals surface area contributed by atoms with Gasteiger partial charge < -0.3 is 9.80 Å². The molecule has 0 amide bonds. The molecule has 1 aliphatic rings. The van der Waals surface area contributed by atoms with Crippen molar-refractivity contribution in [3.8, 4) is 0 Å². The molecule has 0 fully saturated rings. The first-order chi connectivity index (χ1) is 10.7. The maximum absolute atomic E-state index is 2.59. The third kappa shape index (κ3) is 7.07. The average Bonchev–Trinajstić information content (AvgIpc) is 2.90. The van der Waals surface area contributed by atoms with E-state index in [9.17, 15) is 0 Å². The van der Waals surface area contributed by atoms with Crippen LogP contribution in [0.1, 0.15) is 98.3 Å². The second-order valence-corrected chi connectivity index (χ2v) is 7.17. The minimum Gasteiger partial charge on any atom is -0.356 e. The van der Waals surface area contributed by atoms with Gasteiger partial charge in [-0.2, -0.15) is 0 Å². The first kappa shape index (κ1) is 19.4. The summed E-state index contributed by atoms with van der Waals surface area (Å²) in [4.78, 5) is 5.15. The topological polar surface area (TPSA) is 6.48 Å². The first-order valence-electron chi connectivity index (χ1n) is 9.92. The molecule has 1 aliphatic heterocycles. The van der Waals surface area contributed by atoms with Crippen LogP contribution in [-0.4, -0.2) is 28.6 Å². The molecule has 1 unspecified atom stereocenters. The Hall–Kier alpha value is -0.660. The zero-order valence-electron chi connectivity index (χ0n) is 15.7. The monoisotopic (exact) mass is 308 g/mol. The van der Waals surface area contributed by atoms with Crippen LogP contribution >= 0.6 is 0 Å². The maximum Gasteiger partial charge on any atom is 0.101 e. The van der Waals surface area contributed by atoms with Crippen LogP contribution in [0, 0.1) is 0 Å². The molecule has 0 spiro atoms. The van der Waals surface area contributed by atoms with E-state index in [0.717, 1.165) is 0 Å². The van der Waals surface area contributed by atoms with Gasteiger partial charge in [-0.15, -0.1) is 0 Å². The first-order valence-corrected chi connectivity index (χ1v) is 9.92. The molecular weight excluding hydrogens is 268 g/mol. The summed E-state index contributed by atoms with van der Waals surface area (Å²) >= 11 is 0. The largest absolute Gasteiger partial charge is 0.356 e. The molecule has 0 radical (unpaired) electrons. The smallest absolute Gasteiger partial charge is 0.101 e. The second-order valence-electron chi connectivity index (χ2n) is 7.17. The fourth-order valence-corrected chi connectivity index (χ4v) is 3.42. The Balaban J connectivity index is 2.27. The Kier molecular flexibility index (Phi) is 10.4. The van der Waals surface area contributed by atoms with Gasteiger partial charge in [0.25, 0.3) is 0 Å². The van der Waals surface area contributed by atoms with Gasteiger partial charge in [-0.05, 0) is 33.1 Å². The highest BCUT2D eigenvalue weighted by atomic mass is 15.4. The molecule has 0 bridgehead atoms. The average molecular weight is 309 g/mol. The summed E-state index contributed by atoms with van der Waals surface area (Å²) in [5, 5.41) is 0. The number of hydrogen-bond acceptors (Lipinski definition) is 2. The van der Waals surface area contributed by atoms with Gasteiger partial charge in [0.05, 0.1) is 0 Å². The van der Waals surface area contributed by atoms with Gasteiger partial charge >= 0.3 is 0 Å². The minimum atomic E-state index is 0.613. The van der Waals surface area contributed by atoms with Crippen LogP contribution in [0.15, 0.2) is 12.4 Å². The number of hydrogen-bond donors (Lipinski definition) is 0. The zero-order valence-corrected chi connectivity index (χ0v) is 15.7. The van der Waals surface area contributed by atoms with E-state index in [1.807, 2.05) is 0 Å². The molecule has 0 aromatic heterocycles. The Morgan fingerprint density at radius 3 is 2.00 bits per heavy atom. The molecule has 0 N–H and O–H groups in total. The standard InChI is InChI=1S/C20H40N2/c1-5-7-9-10-11-12-13-15-20-21(16-14-8-6-2)17-18-22(20)19(3)4/h17-20H,5-16H2,1-4H3.